The number of hydrogen-bond acceptors (Lipinski definition) is 4. The molecule has 2 heterocycles. The fraction of sp³-hybridized carbons (Fsp3) is 0.0455. The lowest BCUT2D eigenvalue weighted by Crippen LogP contribution is -2.13. The van der Waals surface area contributed by atoms with Crippen molar-refractivity contribution in [2.24, 2.45) is 0 Å². The van der Waals surface area contributed by atoms with Gasteiger partial charge in [0, 0.05) is 17.1 Å². The minimum absolute atomic E-state index is 0.238. The summed E-state index contributed by atoms with van der Waals surface area (Å²) < 4.78 is 5.31. The van der Waals surface area contributed by atoms with Gasteiger partial charge in [0.15, 0.2) is 5.15 Å². The zero-order chi connectivity index (χ0) is 19.5. The molecule has 0 saturated heterocycles. The molecule has 4 rings (SSSR count). The van der Waals surface area contributed by atoms with Crippen molar-refractivity contribution < 1.29 is 9.53 Å². The van der Waals surface area contributed by atoms with E-state index in [9.17, 15) is 4.79 Å². The molecule has 0 fully saturated rings. The van der Waals surface area contributed by atoms with Gasteiger partial charge in [-0.1, -0.05) is 41.9 Å². The summed E-state index contributed by atoms with van der Waals surface area (Å²) in [5.74, 6) is 0.443. The summed E-state index contributed by atoms with van der Waals surface area (Å²) in [6.45, 7) is 0. The Hall–Kier alpha value is -3.44. The highest BCUT2D eigenvalue weighted by Crippen LogP contribution is 2.28. The van der Waals surface area contributed by atoms with Gasteiger partial charge in [0.1, 0.15) is 5.75 Å². The smallest absolute Gasteiger partial charge is 0.256 e. The fourth-order valence-corrected chi connectivity index (χ4v) is 3.13. The molecule has 0 unspecified atom stereocenters. The second-order valence-electron chi connectivity index (χ2n) is 6.10. The first-order chi connectivity index (χ1) is 13.7. The molecule has 0 radical (unpaired) electrons. The van der Waals surface area contributed by atoms with Crippen LogP contribution in [0.2, 0.25) is 5.15 Å². The molecule has 0 saturated carbocycles. The van der Waals surface area contributed by atoms with Crippen LogP contribution >= 0.6 is 11.6 Å². The van der Waals surface area contributed by atoms with Gasteiger partial charge in [0.05, 0.1) is 29.6 Å². The highest BCUT2D eigenvalue weighted by molar-refractivity contribution is 6.32. The molecule has 0 aliphatic carbocycles. The van der Waals surface area contributed by atoms with Crippen molar-refractivity contribution >= 4 is 34.1 Å². The summed E-state index contributed by atoms with van der Waals surface area (Å²) in [5, 5.41) is 3.83. The second kappa shape index (κ2) is 7.66. The predicted octanol–water partition coefficient (Wildman–Crippen LogP) is 5.21. The molecule has 0 aliphatic rings. The summed E-state index contributed by atoms with van der Waals surface area (Å²) in [5.41, 5.74) is 3.23. The van der Waals surface area contributed by atoms with Crippen molar-refractivity contribution in [2.75, 3.05) is 12.4 Å². The Bertz CT molecular complexity index is 1180. The van der Waals surface area contributed by atoms with Crippen LogP contribution in [0, 0.1) is 0 Å². The number of carbonyl (C=O) groups is 1. The maximum Gasteiger partial charge on any atom is 0.256 e. The number of ether oxygens (including phenoxy) is 1. The van der Waals surface area contributed by atoms with Gasteiger partial charge in [-0.3, -0.25) is 4.79 Å². The number of anilines is 1. The second-order valence-corrected chi connectivity index (χ2v) is 6.46. The summed E-state index contributed by atoms with van der Waals surface area (Å²) in [6.07, 6.45) is 1.57. The number of benzene rings is 2. The van der Waals surface area contributed by atoms with E-state index in [2.05, 4.69) is 10.3 Å². The van der Waals surface area contributed by atoms with Crippen molar-refractivity contribution in [3.05, 3.63) is 83.6 Å². The molecule has 28 heavy (non-hydrogen) atoms. The summed E-state index contributed by atoms with van der Waals surface area (Å²) >= 11 is 6.08. The fourth-order valence-electron chi connectivity index (χ4n) is 2.96. The number of nitrogens with zero attached hydrogens (tertiary/aromatic N) is 2. The van der Waals surface area contributed by atoms with Gasteiger partial charge in [-0.25, -0.2) is 9.97 Å². The Kier molecular flexibility index (Phi) is 4.91. The third-order valence-corrected chi connectivity index (χ3v) is 4.63. The number of amides is 1. The minimum atomic E-state index is -0.280. The summed E-state index contributed by atoms with van der Waals surface area (Å²) in [6, 6.07) is 20.3. The average molecular weight is 390 g/mol. The Morgan fingerprint density at radius 2 is 1.89 bits per heavy atom. The Balaban J connectivity index is 1.82. The van der Waals surface area contributed by atoms with Gasteiger partial charge in [0.25, 0.3) is 5.91 Å². The topological polar surface area (TPSA) is 64.1 Å². The highest BCUT2D eigenvalue weighted by atomic mass is 35.5. The molecule has 0 spiro atoms. The van der Waals surface area contributed by atoms with Crippen molar-refractivity contribution in [1.82, 2.24) is 9.97 Å². The van der Waals surface area contributed by atoms with E-state index in [0.717, 1.165) is 22.2 Å². The van der Waals surface area contributed by atoms with Crippen LogP contribution in [0.3, 0.4) is 0 Å². The number of hydrogen-bond donors (Lipinski definition) is 1. The quantitative estimate of drug-likeness (QED) is 0.486. The van der Waals surface area contributed by atoms with E-state index in [4.69, 9.17) is 21.3 Å². The monoisotopic (exact) mass is 389 g/mol. The first-order valence-corrected chi connectivity index (χ1v) is 8.99. The van der Waals surface area contributed by atoms with Gasteiger partial charge in [-0.2, -0.15) is 0 Å². The minimum Gasteiger partial charge on any atom is -0.497 e. The summed E-state index contributed by atoms with van der Waals surface area (Å²) in [7, 11) is 1.61. The molecular weight excluding hydrogens is 374 g/mol. The normalized spacial score (nSPS) is 10.6. The van der Waals surface area contributed by atoms with Crippen LogP contribution in [0.25, 0.3) is 22.2 Å². The van der Waals surface area contributed by atoms with E-state index >= 15 is 0 Å². The Labute approximate surface area is 167 Å². The molecule has 5 nitrogen and oxygen atoms in total. The number of pyridine rings is 2. The van der Waals surface area contributed by atoms with Crippen LogP contribution in [-0.2, 0) is 0 Å². The molecule has 6 heteroatoms. The molecule has 4 aromatic rings. The first kappa shape index (κ1) is 17.9. The largest absolute Gasteiger partial charge is 0.497 e. The molecule has 1 amide bonds. The molecule has 2 aromatic carbocycles. The molecule has 0 atom stereocenters. The van der Waals surface area contributed by atoms with Gasteiger partial charge < -0.3 is 10.1 Å². The standard InChI is InChI=1S/C22H16ClN3O2/c1-28-15-7-4-6-14(12-15)20-13-17(16-8-2-3-9-18(16)25-20)22(27)26-19-10-5-11-24-21(19)23/h2-13H,1H3,(H,26,27). The lowest BCUT2D eigenvalue weighted by molar-refractivity contribution is 0.102. The third-order valence-electron chi connectivity index (χ3n) is 4.33. The summed E-state index contributed by atoms with van der Waals surface area (Å²) in [4.78, 5) is 21.7. The van der Waals surface area contributed by atoms with E-state index in [1.807, 2.05) is 48.5 Å². The molecule has 0 bridgehead atoms. The van der Waals surface area contributed by atoms with Crippen LogP contribution in [0.1, 0.15) is 10.4 Å². The molecule has 2 aromatic heterocycles. The number of para-hydroxylation sites is 1. The van der Waals surface area contributed by atoms with Crippen molar-refractivity contribution in [2.45, 2.75) is 0 Å². The van der Waals surface area contributed by atoms with Gasteiger partial charge in [-0.05, 0) is 36.4 Å². The molecule has 138 valence electrons. The van der Waals surface area contributed by atoms with Gasteiger partial charge >= 0.3 is 0 Å². The third kappa shape index (κ3) is 3.52. The van der Waals surface area contributed by atoms with Crippen LogP contribution in [0.4, 0.5) is 5.69 Å². The van der Waals surface area contributed by atoms with Crippen molar-refractivity contribution in [3.8, 4) is 17.0 Å². The number of methoxy groups -OCH3 is 1. The average Bonchev–Trinajstić information content (AvgIpc) is 2.74. The maximum absolute atomic E-state index is 13.0. The van der Waals surface area contributed by atoms with Gasteiger partial charge in [-0.15, -0.1) is 0 Å². The van der Waals surface area contributed by atoms with E-state index in [0.29, 0.717) is 16.9 Å². The number of rotatable bonds is 4. The van der Waals surface area contributed by atoms with Crippen LogP contribution in [-0.4, -0.2) is 23.0 Å². The first-order valence-electron chi connectivity index (χ1n) is 8.62. The van der Waals surface area contributed by atoms with E-state index in [1.54, 1.807) is 31.5 Å². The number of aromatic nitrogens is 2. The van der Waals surface area contributed by atoms with E-state index in [1.165, 1.54) is 0 Å². The molecule has 0 aliphatic heterocycles. The number of fused-ring (bicyclic) bond motifs is 1. The zero-order valence-electron chi connectivity index (χ0n) is 15.0. The van der Waals surface area contributed by atoms with Gasteiger partial charge in [0.2, 0.25) is 0 Å². The van der Waals surface area contributed by atoms with E-state index < -0.39 is 0 Å². The number of nitrogens with one attached hydrogen (secondary N) is 1. The lowest BCUT2D eigenvalue weighted by atomic mass is 10.0. The highest BCUT2D eigenvalue weighted by Gasteiger charge is 2.15. The maximum atomic E-state index is 13.0. The lowest BCUT2D eigenvalue weighted by Gasteiger charge is -2.11. The Morgan fingerprint density at radius 3 is 2.71 bits per heavy atom. The zero-order valence-corrected chi connectivity index (χ0v) is 15.8. The number of carbonyl (C=O) groups excluding carboxylic acids is 1. The SMILES string of the molecule is COc1cccc(-c2cc(C(=O)Nc3cccnc3Cl)c3ccccc3n2)c1. The van der Waals surface area contributed by atoms with Crippen LogP contribution < -0.4 is 10.1 Å². The van der Waals surface area contributed by atoms with Crippen molar-refractivity contribution in [1.29, 1.82) is 0 Å². The molecular formula is C22H16ClN3O2. The van der Waals surface area contributed by atoms with Crippen LogP contribution in [0.15, 0.2) is 72.9 Å². The van der Waals surface area contributed by atoms with Crippen molar-refractivity contribution in [3.63, 3.8) is 0 Å². The molecule has 1 N–H and O–H groups in total. The Morgan fingerprint density at radius 1 is 1.04 bits per heavy atom. The predicted molar refractivity (Wildman–Crippen MR) is 111 cm³/mol. The van der Waals surface area contributed by atoms with E-state index in [-0.39, 0.29) is 11.1 Å². The van der Waals surface area contributed by atoms with Crippen LogP contribution in [0.5, 0.6) is 5.75 Å². The number of halogens is 1.